The molecule has 0 aliphatic carbocycles. The summed E-state index contributed by atoms with van der Waals surface area (Å²) in [6.07, 6.45) is 3.62. The molecule has 4 heterocycles. The lowest BCUT2D eigenvalue weighted by molar-refractivity contribution is 0.0759. The lowest BCUT2D eigenvalue weighted by Gasteiger charge is -2.15. The van der Waals surface area contributed by atoms with Gasteiger partial charge in [0, 0.05) is 42.1 Å². The SMILES string of the molecule is O=C(c1cc(-c2cnc3[nH]c(-c4ccccc4)cc3c2)ccn1)N1CC[C@H](O)C1. The quantitative estimate of drug-likeness (QED) is 0.566. The normalized spacial score (nSPS) is 16.4. The summed E-state index contributed by atoms with van der Waals surface area (Å²) in [5.74, 6) is -0.148. The molecule has 0 bridgehead atoms. The summed E-state index contributed by atoms with van der Waals surface area (Å²) in [7, 11) is 0. The van der Waals surface area contributed by atoms with Gasteiger partial charge in [-0.3, -0.25) is 9.78 Å². The summed E-state index contributed by atoms with van der Waals surface area (Å²) in [6, 6.07) is 17.9. The Morgan fingerprint density at radius 3 is 2.69 bits per heavy atom. The van der Waals surface area contributed by atoms with E-state index >= 15 is 0 Å². The zero-order chi connectivity index (χ0) is 19.8. The Bertz CT molecular complexity index is 1190. The third-order valence-electron chi connectivity index (χ3n) is 5.32. The van der Waals surface area contributed by atoms with E-state index in [2.05, 4.69) is 39.2 Å². The van der Waals surface area contributed by atoms with Gasteiger partial charge in [-0.25, -0.2) is 4.98 Å². The Labute approximate surface area is 167 Å². The first-order valence-electron chi connectivity index (χ1n) is 9.65. The fourth-order valence-corrected chi connectivity index (χ4v) is 3.76. The second-order valence-electron chi connectivity index (χ2n) is 7.33. The summed E-state index contributed by atoms with van der Waals surface area (Å²) in [4.78, 5) is 26.5. The number of likely N-dealkylation sites (tertiary alicyclic amines) is 1. The van der Waals surface area contributed by atoms with Gasteiger partial charge in [-0.1, -0.05) is 30.3 Å². The molecule has 0 spiro atoms. The fraction of sp³-hybridized carbons (Fsp3) is 0.174. The number of nitrogens with zero attached hydrogens (tertiary/aromatic N) is 3. The number of nitrogens with one attached hydrogen (secondary N) is 1. The summed E-state index contributed by atoms with van der Waals surface area (Å²) >= 11 is 0. The average molecular weight is 384 g/mol. The standard InChI is InChI=1S/C23H20N4O2/c28-19-7-9-27(14-19)23(29)21-11-16(6-8-24-21)18-10-17-12-20(26-22(17)25-13-18)15-4-2-1-3-5-15/h1-6,8,10-13,19,28H,7,9,14H2,(H,25,26)/t19-/m0/s1. The van der Waals surface area contributed by atoms with E-state index in [1.54, 1.807) is 23.4 Å². The lowest BCUT2D eigenvalue weighted by atomic mass is 10.1. The number of hydrogen-bond donors (Lipinski definition) is 2. The molecule has 6 heteroatoms. The molecule has 144 valence electrons. The highest BCUT2D eigenvalue weighted by Gasteiger charge is 2.26. The van der Waals surface area contributed by atoms with Crippen molar-refractivity contribution in [3.05, 3.63) is 72.7 Å². The van der Waals surface area contributed by atoms with Crippen molar-refractivity contribution in [2.24, 2.45) is 0 Å². The van der Waals surface area contributed by atoms with Crippen molar-refractivity contribution >= 4 is 16.9 Å². The molecule has 5 rings (SSSR count). The van der Waals surface area contributed by atoms with Gasteiger partial charge in [-0.05, 0) is 41.8 Å². The number of aliphatic hydroxyl groups is 1. The van der Waals surface area contributed by atoms with E-state index in [1.165, 1.54) is 0 Å². The highest BCUT2D eigenvalue weighted by atomic mass is 16.3. The number of carbonyl (C=O) groups is 1. The molecule has 1 aromatic carbocycles. The third kappa shape index (κ3) is 3.39. The molecule has 1 aliphatic rings. The molecule has 1 fully saturated rings. The molecule has 0 radical (unpaired) electrons. The molecule has 3 aromatic heterocycles. The van der Waals surface area contributed by atoms with Crippen LogP contribution in [-0.2, 0) is 0 Å². The van der Waals surface area contributed by atoms with Gasteiger partial charge in [0.2, 0.25) is 0 Å². The number of β-amino-alcohol motifs (C(OH)–C–C–N with tert-alkyl or cyclic N) is 1. The van der Waals surface area contributed by atoms with Crippen LogP contribution in [0.4, 0.5) is 0 Å². The number of carbonyl (C=O) groups excluding carboxylic acids is 1. The van der Waals surface area contributed by atoms with Crippen molar-refractivity contribution in [1.29, 1.82) is 0 Å². The van der Waals surface area contributed by atoms with Gasteiger partial charge >= 0.3 is 0 Å². The molecule has 1 amide bonds. The molecule has 4 aromatic rings. The second kappa shape index (κ2) is 7.14. The molecule has 0 unspecified atom stereocenters. The van der Waals surface area contributed by atoms with Gasteiger partial charge < -0.3 is 15.0 Å². The van der Waals surface area contributed by atoms with Crippen LogP contribution in [0.5, 0.6) is 0 Å². The number of aromatic nitrogens is 3. The lowest BCUT2D eigenvalue weighted by Crippen LogP contribution is -2.30. The van der Waals surface area contributed by atoms with Gasteiger partial charge in [0.05, 0.1) is 6.10 Å². The van der Waals surface area contributed by atoms with Gasteiger partial charge in [-0.15, -0.1) is 0 Å². The van der Waals surface area contributed by atoms with Gasteiger partial charge in [0.1, 0.15) is 11.3 Å². The predicted octanol–water partition coefficient (Wildman–Crippen LogP) is 3.50. The molecule has 1 atom stereocenters. The molecule has 1 saturated heterocycles. The maximum Gasteiger partial charge on any atom is 0.272 e. The first kappa shape index (κ1) is 17.6. The Balaban J connectivity index is 1.47. The van der Waals surface area contributed by atoms with E-state index in [1.807, 2.05) is 24.3 Å². The Hall–Kier alpha value is -3.51. The second-order valence-corrected chi connectivity index (χ2v) is 7.33. The molecular formula is C23H20N4O2. The zero-order valence-electron chi connectivity index (χ0n) is 15.7. The summed E-state index contributed by atoms with van der Waals surface area (Å²) in [5, 5.41) is 10.7. The number of pyridine rings is 2. The van der Waals surface area contributed by atoms with Crippen LogP contribution in [0.2, 0.25) is 0 Å². The molecule has 0 saturated carbocycles. The van der Waals surface area contributed by atoms with Crippen molar-refractivity contribution in [1.82, 2.24) is 19.9 Å². The first-order chi connectivity index (χ1) is 14.2. The van der Waals surface area contributed by atoms with Gasteiger partial charge in [-0.2, -0.15) is 0 Å². The number of rotatable bonds is 3. The first-order valence-corrected chi connectivity index (χ1v) is 9.65. The number of hydrogen-bond acceptors (Lipinski definition) is 4. The Kier molecular flexibility index (Phi) is 4.33. The molecule has 29 heavy (non-hydrogen) atoms. The fourth-order valence-electron chi connectivity index (χ4n) is 3.76. The van der Waals surface area contributed by atoms with Gasteiger partial charge in [0.25, 0.3) is 5.91 Å². The Morgan fingerprint density at radius 1 is 1.03 bits per heavy atom. The third-order valence-corrected chi connectivity index (χ3v) is 5.32. The maximum absolute atomic E-state index is 12.7. The van der Waals surface area contributed by atoms with Crippen LogP contribution >= 0.6 is 0 Å². The topological polar surface area (TPSA) is 82.1 Å². The average Bonchev–Trinajstić information content (AvgIpc) is 3.39. The largest absolute Gasteiger partial charge is 0.391 e. The molecule has 6 nitrogen and oxygen atoms in total. The van der Waals surface area contributed by atoms with Crippen LogP contribution in [0.1, 0.15) is 16.9 Å². The van der Waals surface area contributed by atoms with Crippen LogP contribution in [0, 0.1) is 0 Å². The smallest absolute Gasteiger partial charge is 0.272 e. The van der Waals surface area contributed by atoms with E-state index in [0.717, 1.165) is 33.4 Å². The highest BCUT2D eigenvalue weighted by Crippen LogP contribution is 2.27. The zero-order valence-corrected chi connectivity index (χ0v) is 15.7. The van der Waals surface area contributed by atoms with Crippen molar-refractivity contribution in [2.75, 3.05) is 13.1 Å². The van der Waals surface area contributed by atoms with E-state index in [0.29, 0.717) is 25.2 Å². The maximum atomic E-state index is 12.7. The van der Waals surface area contributed by atoms with Crippen LogP contribution < -0.4 is 0 Å². The summed E-state index contributed by atoms with van der Waals surface area (Å²) in [5.41, 5.74) is 5.15. The van der Waals surface area contributed by atoms with E-state index in [4.69, 9.17) is 0 Å². The van der Waals surface area contributed by atoms with Crippen LogP contribution in [0.25, 0.3) is 33.4 Å². The molecule has 2 N–H and O–H groups in total. The number of H-pyrrole nitrogens is 1. The number of fused-ring (bicyclic) bond motifs is 1. The van der Waals surface area contributed by atoms with Crippen molar-refractivity contribution in [3.63, 3.8) is 0 Å². The Morgan fingerprint density at radius 2 is 1.90 bits per heavy atom. The monoisotopic (exact) mass is 384 g/mol. The van der Waals surface area contributed by atoms with Crippen molar-refractivity contribution in [2.45, 2.75) is 12.5 Å². The minimum atomic E-state index is -0.443. The number of aromatic amines is 1. The van der Waals surface area contributed by atoms with E-state index in [-0.39, 0.29) is 5.91 Å². The molecular weight excluding hydrogens is 364 g/mol. The van der Waals surface area contributed by atoms with E-state index in [9.17, 15) is 9.90 Å². The highest BCUT2D eigenvalue weighted by molar-refractivity contribution is 5.94. The number of benzene rings is 1. The minimum absolute atomic E-state index is 0.148. The molecule has 1 aliphatic heterocycles. The van der Waals surface area contributed by atoms with Crippen LogP contribution in [0.3, 0.4) is 0 Å². The van der Waals surface area contributed by atoms with Crippen LogP contribution in [-0.4, -0.2) is 50.1 Å². The number of amides is 1. The van der Waals surface area contributed by atoms with Crippen molar-refractivity contribution in [3.8, 4) is 22.4 Å². The predicted molar refractivity (Wildman–Crippen MR) is 111 cm³/mol. The number of aliphatic hydroxyl groups excluding tert-OH is 1. The van der Waals surface area contributed by atoms with Crippen molar-refractivity contribution < 1.29 is 9.90 Å². The van der Waals surface area contributed by atoms with Gasteiger partial charge in [0.15, 0.2) is 0 Å². The summed E-state index contributed by atoms with van der Waals surface area (Å²) < 4.78 is 0. The summed E-state index contributed by atoms with van der Waals surface area (Å²) in [6.45, 7) is 0.925. The van der Waals surface area contributed by atoms with Crippen LogP contribution in [0.15, 0.2) is 67.0 Å². The van der Waals surface area contributed by atoms with E-state index < -0.39 is 6.10 Å². The minimum Gasteiger partial charge on any atom is -0.391 e.